The van der Waals surface area contributed by atoms with Gasteiger partial charge in [0.25, 0.3) is 5.91 Å². The van der Waals surface area contributed by atoms with Crippen LogP contribution >= 0.6 is 27.7 Å². The lowest BCUT2D eigenvalue weighted by Crippen LogP contribution is -2.34. The van der Waals surface area contributed by atoms with Gasteiger partial charge >= 0.3 is 5.97 Å². The number of halogens is 1. The van der Waals surface area contributed by atoms with Gasteiger partial charge in [0.15, 0.2) is 23.3 Å². The minimum absolute atomic E-state index is 0.190. The molecule has 1 amide bonds. The van der Waals surface area contributed by atoms with Crippen molar-refractivity contribution in [3.63, 3.8) is 0 Å². The number of aryl methyl sites for hydroxylation is 1. The van der Waals surface area contributed by atoms with E-state index in [9.17, 15) is 9.59 Å². The molecule has 0 saturated heterocycles. The lowest BCUT2D eigenvalue weighted by Gasteiger charge is -2.33. The molecular formula is C26H26BrN3O5S. The van der Waals surface area contributed by atoms with Gasteiger partial charge in [-0.05, 0) is 67.6 Å². The van der Waals surface area contributed by atoms with Gasteiger partial charge in [0.2, 0.25) is 0 Å². The summed E-state index contributed by atoms with van der Waals surface area (Å²) in [6, 6.07) is 10.6. The number of hydrogen-bond donors (Lipinski definition) is 1. The average molecular weight is 572 g/mol. The molecule has 2 aromatic rings. The minimum atomic E-state index is -0.436. The van der Waals surface area contributed by atoms with Crippen LogP contribution in [0.4, 0.5) is 5.69 Å². The standard InChI is InChI=1S/C26H26BrN3O5S/c1-5-34-25(32)23-16(3)28-26-30(10-11-36-26)24(23)17-6-9-20(21(13-17)33-4)35-14-22(31)29-19-8-7-18(27)12-15(19)2/h6-13,24H,5,14H2,1-4H3,(H,29,31)/t24-/m0/s1. The van der Waals surface area contributed by atoms with Gasteiger partial charge in [-0.2, -0.15) is 0 Å². The van der Waals surface area contributed by atoms with Crippen LogP contribution in [0.3, 0.4) is 0 Å². The smallest absolute Gasteiger partial charge is 0.338 e. The number of esters is 1. The summed E-state index contributed by atoms with van der Waals surface area (Å²) >= 11 is 4.91. The third-order valence-electron chi connectivity index (χ3n) is 5.64. The van der Waals surface area contributed by atoms with Gasteiger partial charge in [0, 0.05) is 16.4 Å². The third kappa shape index (κ3) is 5.44. The van der Waals surface area contributed by atoms with Crippen molar-refractivity contribution >= 4 is 50.4 Å². The summed E-state index contributed by atoms with van der Waals surface area (Å²) in [7, 11) is 1.53. The summed E-state index contributed by atoms with van der Waals surface area (Å²) in [6.07, 6.45) is 1.89. The fraction of sp³-hybridized carbons (Fsp3) is 0.269. The number of rotatable bonds is 8. The van der Waals surface area contributed by atoms with Crippen LogP contribution in [0.2, 0.25) is 0 Å². The molecule has 0 spiro atoms. The molecule has 0 aliphatic carbocycles. The first-order chi connectivity index (χ1) is 17.3. The molecule has 36 heavy (non-hydrogen) atoms. The number of aliphatic imine (C=N–C) groups is 1. The number of methoxy groups -OCH3 is 1. The highest BCUT2D eigenvalue weighted by Crippen LogP contribution is 2.43. The minimum Gasteiger partial charge on any atom is -0.493 e. The number of benzene rings is 2. The number of thioether (sulfide) groups is 1. The zero-order chi connectivity index (χ0) is 25.8. The highest BCUT2D eigenvalue weighted by Gasteiger charge is 2.37. The van der Waals surface area contributed by atoms with Crippen LogP contribution < -0.4 is 14.8 Å². The van der Waals surface area contributed by atoms with E-state index < -0.39 is 12.0 Å². The molecule has 1 N–H and O–H groups in total. The van der Waals surface area contributed by atoms with E-state index >= 15 is 0 Å². The molecule has 10 heteroatoms. The number of nitrogens with one attached hydrogen (secondary N) is 1. The van der Waals surface area contributed by atoms with Crippen molar-refractivity contribution in [3.8, 4) is 11.5 Å². The number of hydrogen-bond acceptors (Lipinski definition) is 8. The fourth-order valence-electron chi connectivity index (χ4n) is 3.97. The molecule has 2 aliphatic heterocycles. The number of ether oxygens (including phenoxy) is 3. The van der Waals surface area contributed by atoms with E-state index in [0.29, 0.717) is 28.5 Å². The van der Waals surface area contributed by atoms with E-state index in [-0.39, 0.29) is 19.1 Å². The number of amides is 1. The second-order valence-electron chi connectivity index (χ2n) is 8.03. The summed E-state index contributed by atoms with van der Waals surface area (Å²) in [5.41, 5.74) is 3.53. The van der Waals surface area contributed by atoms with Crippen LogP contribution in [0.1, 0.15) is 31.0 Å². The number of carbonyl (C=O) groups is 2. The largest absolute Gasteiger partial charge is 0.493 e. The molecular weight excluding hydrogens is 546 g/mol. The van der Waals surface area contributed by atoms with Crippen LogP contribution in [0.5, 0.6) is 11.5 Å². The maximum atomic E-state index is 12.9. The number of nitrogens with zero attached hydrogens (tertiary/aromatic N) is 2. The summed E-state index contributed by atoms with van der Waals surface area (Å²) in [5.74, 6) is 0.161. The molecule has 8 nitrogen and oxygen atoms in total. The van der Waals surface area contributed by atoms with Crippen LogP contribution in [0, 0.1) is 6.92 Å². The van der Waals surface area contributed by atoms with Crippen molar-refractivity contribution < 1.29 is 23.8 Å². The van der Waals surface area contributed by atoms with Crippen molar-refractivity contribution in [1.29, 1.82) is 0 Å². The first kappa shape index (κ1) is 25.8. The summed E-state index contributed by atoms with van der Waals surface area (Å²) < 4.78 is 17.6. The van der Waals surface area contributed by atoms with Crippen molar-refractivity contribution in [2.45, 2.75) is 26.8 Å². The Morgan fingerprint density at radius 3 is 2.69 bits per heavy atom. The molecule has 2 aromatic carbocycles. The molecule has 0 aromatic heterocycles. The Bertz CT molecular complexity index is 1290. The van der Waals surface area contributed by atoms with Gasteiger partial charge in [0.05, 0.1) is 31.0 Å². The van der Waals surface area contributed by atoms with Crippen LogP contribution in [-0.2, 0) is 14.3 Å². The highest BCUT2D eigenvalue weighted by atomic mass is 79.9. The van der Waals surface area contributed by atoms with Gasteiger partial charge < -0.3 is 24.4 Å². The number of fused-ring (bicyclic) bond motifs is 1. The molecule has 4 rings (SSSR count). The predicted molar refractivity (Wildman–Crippen MR) is 144 cm³/mol. The number of allylic oxidation sites excluding steroid dienone is 1. The van der Waals surface area contributed by atoms with Gasteiger partial charge in [-0.25, -0.2) is 9.79 Å². The Labute approximate surface area is 222 Å². The van der Waals surface area contributed by atoms with Crippen molar-refractivity contribution in [2.24, 2.45) is 4.99 Å². The Morgan fingerprint density at radius 2 is 1.97 bits per heavy atom. The highest BCUT2D eigenvalue weighted by molar-refractivity contribution is 9.10. The predicted octanol–water partition coefficient (Wildman–Crippen LogP) is 5.55. The lowest BCUT2D eigenvalue weighted by molar-refractivity contribution is -0.139. The molecule has 0 unspecified atom stereocenters. The Kier molecular flexibility index (Phi) is 8.05. The summed E-state index contributed by atoms with van der Waals surface area (Å²) in [4.78, 5) is 31.9. The van der Waals surface area contributed by atoms with Crippen LogP contribution in [-0.4, -0.2) is 42.3 Å². The van der Waals surface area contributed by atoms with Crippen molar-refractivity contribution in [3.05, 3.63) is 74.9 Å². The normalized spacial score (nSPS) is 16.4. The quantitative estimate of drug-likeness (QED) is 0.415. The molecule has 0 bridgehead atoms. The third-order valence-corrected chi connectivity index (χ3v) is 6.90. The summed E-state index contributed by atoms with van der Waals surface area (Å²) in [5, 5.41) is 5.56. The van der Waals surface area contributed by atoms with Crippen molar-refractivity contribution in [2.75, 3.05) is 25.6 Å². The number of carbonyl (C=O) groups excluding carboxylic acids is 2. The van der Waals surface area contributed by atoms with E-state index in [1.54, 1.807) is 13.0 Å². The average Bonchev–Trinajstić information content (AvgIpc) is 3.31. The second-order valence-corrected chi connectivity index (χ2v) is 9.82. The fourth-order valence-corrected chi connectivity index (χ4v) is 5.24. The molecule has 2 aliphatic rings. The summed E-state index contributed by atoms with van der Waals surface area (Å²) in [6.45, 7) is 5.57. The van der Waals surface area contributed by atoms with Crippen LogP contribution in [0.15, 0.2) is 68.7 Å². The second kappa shape index (κ2) is 11.2. The number of amidine groups is 1. The Hall–Kier alpha value is -3.24. The van der Waals surface area contributed by atoms with Gasteiger partial charge in [-0.1, -0.05) is 33.8 Å². The monoisotopic (exact) mass is 571 g/mol. The van der Waals surface area contributed by atoms with E-state index in [4.69, 9.17) is 14.2 Å². The molecule has 1 atom stereocenters. The van der Waals surface area contributed by atoms with E-state index in [0.717, 1.165) is 20.8 Å². The molecule has 0 radical (unpaired) electrons. The van der Waals surface area contributed by atoms with Gasteiger partial charge in [-0.3, -0.25) is 4.79 Å². The number of anilines is 1. The van der Waals surface area contributed by atoms with Gasteiger partial charge in [-0.15, -0.1) is 0 Å². The van der Waals surface area contributed by atoms with E-state index in [1.807, 2.05) is 60.7 Å². The zero-order valence-electron chi connectivity index (χ0n) is 20.3. The Morgan fingerprint density at radius 1 is 1.17 bits per heavy atom. The first-order valence-corrected chi connectivity index (χ1v) is 12.9. The zero-order valence-corrected chi connectivity index (χ0v) is 22.7. The van der Waals surface area contributed by atoms with Gasteiger partial charge in [0.1, 0.15) is 0 Å². The molecule has 0 fully saturated rings. The topological polar surface area (TPSA) is 89.5 Å². The lowest BCUT2D eigenvalue weighted by atomic mass is 9.94. The van der Waals surface area contributed by atoms with E-state index in [2.05, 4.69) is 26.2 Å². The maximum absolute atomic E-state index is 12.9. The SMILES string of the molecule is CCOC(=O)C1=C(C)N=C2SC=CN2[C@H]1c1ccc(OCC(=O)Nc2ccc(Br)cc2C)c(OC)c1. The first-order valence-electron chi connectivity index (χ1n) is 11.3. The Balaban J connectivity index is 1.55. The molecule has 188 valence electrons. The molecule has 0 saturated carbocycles. The van der Waals surface area contributed by atoms with Crippen molar-refractivity contribution in [1.82, 2.24) is 4.90 Å². The van der Waals surface area contributed by atoms with E-state index in [1.165, 1.54) is 18.9 Å². The maximum Gasteiger partial charge on any atom is 0.338 e. The molecule has 2 heterocycles. The van der Waals surface area contributed by atoms with Crippen LogP contribution in [0.25, 0.3) is 0 Å².